The summed E-state index contributed by atoms with van der Waals surface area (Å²) in [5.41, 5.74) is 4.11. The third-order valence-corrected chi connectivity index (χ3v) is 5.69. The van der Waals surface area contributed by atoms with Crippen LogP contribution in [0.15, 0.2) is 18.2 Å². The second-order valence-electron chi connectivity index (χ2n) is 7.26. The number of benzene rings is 1. The lowest BCUT2D eigenvalue weighted by Crippen LogP contribution is -2.34. The number of carbonyl (C=O) groups excluding carboxylic acids is 1. The molecule has 0 fully saturated rings. The lowest BCUT2D eigenvalue weighted by Gasteiger charge is -2.38. The Morgan fingerprint density at radius 2 is 2.12 bits per heavy atom. The zero-order valence-electron chi connectivity index (χ0n) is 14.6. The van der Waals surface area contributed by atoms with Crippen molar-refractivity contribution in [3.05, 3.63) is 35.0 Å². The zero-order valence-corrected chi connectivity index (χ0v) is 14.6. The molecule has 2 aromatic rings. The summed E-state index contributed by atoms with van der Waals surface area (Å²) < 4.78 is 0. The molecule has 1 aromatic carbocycles. The summed E-state index contributed by atoms with van der Waals surface area (Å²) in [5, 5.41) is 10.6. The third-order valence-electron chi connectivity index (χ3n) is 5.69. The molecule has 24 heavy (non-hydrogen) atoms. The van der Waals surface area contributed by atoms with Crippen LogP contribution in [-0.4, -0.2) is 21.8 Å². The van der Waals surface area contributed by atoms with Gasteiger partial charge in [-0.05, 0) is 50.2 Å². The average Bonchev–Trinajstić information content (AvgIpc) is 2.91. The number of hydrogen-bond donors (Lipinski definition) is 2. The van der Waals surface area contributed by atoms with Crippen LogP contribution in [0.1, 0.15) is 68.7 Å². The van der Waals surface area contributed by atoms with Gasteiger partial charge < -0.3 is 14.9 Å². The van der Waals surface area contributed by atoms with E-state index in [0.717, 1.165) is 41.4 Å². The Morgan fingerprint density at radius 1 is 1.38 bits per heavy atom. The maximum Gasteiger partial charge on any atom is 0.304 e. The molecule has 128 valence electrons. The van der Waals surface area contributed by atoms with Gasteiger partial charge in [-0.15, -0.1) is 0 Å². The van der Waals surface area contributed by atoms with Gasteiger partial charge in [0.05, 0.1) is 6.42 Å². The molecule has 4 heteroatoms. The Balaban J connectivity index is 2.25. The largest absolute Gasteiger partial charge is 0.481 e. The van der Waals surface area contributed by atoms with Crippen LogP contribution in [0, 0.1) is 6.92 Å². The summed E-state index contributed by atoms with van der Waals surface area (Å²) in [6, 6.07) is 6.20. The highest BCUT2D eigenvalue weighted by atomic mass is 16.4. The normalized spacial score (nSPS) is 23.2. The zero-order chi connectivity index (χ0) is 17.5. The van der Waals surface area contributed by atoms with Crippen LogP contribution in [0.3, 0.4) is 0 Å². The summed E-state index contributed by atoms with van der Waals surface area (Å²) >= 11 is 0. The minimum Gasteiger partial charge on any atom is -0.481 e. The second kappa shape index (κ2) is 6.08. The van der Waals surface area contributed by atoms with Crippen molar-refractivity contribution in [1.82, 2.24) is 4.98 Å². The van der Waals surface area contributed by atoms with Gasteiger partial charge in [-0.3, -0.25) is 4.79 Å². The molecular formula is C20H25NO3. The smallest absolute Gasteiger partial charge is 0.304 e. The number of fused-ring (bicyclic) bond motifs is 3. The SMILES string of the molecule is CCC1(CC(=O)O)CCC(CC(C)=O)c2c1[nH]c1c(C)cccc21. The number of rotatable bonds is 5. The van der Waals surface area contributed by atoms with E-state index >= 15 is 0 Å². The maximum absolute atomic E-state index is 11.8. The van der Waals surface area contributed by atoms with Gasteiger partial charge in [0.1, 0.15) is 5.78 Å². The highest BCUT2D eigenvalue weighted by Crippen LogP contribution is 2.50. The molecule has 0 saturated carbocycles. The lowest BCUT2D eigenvalue weighted by molar-refractivity contribution is -0.138. The fraction of sp³-hybridized carbons (Fsp3) is 0.500. The van der Waals surface area contributed by atoms with E-state index < -0.39 is 5.97 Å². The summed E-state index contributed by atoms with van der Waals surface area (Å²) in [7, 11) is 0. The standard InChI is InChI=1S/C20H25NO3/c1-4-20(11-16(23)24)9-8-14(10-13(3)22)17-15-7-5-6-12(2)18(15)21-19(17)20/h5-7,14,21H,4,8-11H2,1-3H3,(H,23,24). The molecule has 0 radical (unpaired) electrons. The van der Waals surface area contributed by atoms with Crippen molar-refractivity contribution in [2.24, 2.45) is 0 Å². The van der Waals surface area contributed by atoms with Gasteiger partial charge >= 0.3 is 5.97 Å². The molecule has 2 atom stereocenters. The fourth-order valence-electron chi connectivity index (χ4n) is 4.44. The van der Waals surface area contributed by atoms with Crippen LogP contribution < -0.4 is 0 Å². The van der Waals surface area contributed by atoms with Crippen LogP contribution in [0.25, 0.3) is 10.9 Å². The second-order valence-corrected chi connectivity index (χ2v) is 7.26. The number of aromatic nitrogens is 1. The fourth-order valence-corrected chi connectivity index (χ4v) is 4.44. The van der Waals surface area contributed by atoms with Crippen molar-refractivity contribution in [2.75, 3.05) is 0 Å². The van der Waals surface area contributed by atoms with E-state index in [2.05, 4.69) is 31.0 Å². The van der Waals surface area contributed by atoms with Gasteiger partial charge in [-0.25, -0.2) is 0 Å². The van der Waals surface area contributed by atoms with Crippen LogP contribution in [0.4, 0.5) is 0 Å². The van der Waals surface area contributed by atoms with Crippen LogP contribution in [-0.2, 0) is 15.0 Å². The van der Waals surface area contributed by atoms with Crippen LogP contribution in [0.2, 0.25) is 0 Å². The number of nitrogens with one attached hydrogen (secondary N) is 1. The topological polar surface area (TPSA) is 70.2 Å². The molecule has 0 bridgehead atoms. The van der Waals surface area contributed by atoms with Crippen molar-refractivity contribution in [2.45, 2.75) is 64.2 Å². The predicted molar refractivity (Wildman–Crippen MR) is 94.5 cm³/mol. The Hall–Kier alpha value is -2.10. The van der Waals surface area contributed by atoms with Gasteiger partial charge in [-0.2, -0.15) is 0 Å². The molecule has 1 aliphatic rings. The first-order valence-corrected chi connectivity index (χ1v) is 8.71. The number of carboxylic acids is 1. The first-order chi connectivity index (χ1) is 11.4. The third kappa shape index (κ3) is 2.64. The summed E-state index contributed by atoms with van der Waals surface area (Å²) in [5.74, 6) is -0.389. The first-order valence-electron chi connectivity index (χ1n) is 8.71. The lowest BCUT2D eigenvalue weighted by atomic mass is 9.65. The minimum atomic E-state index is -0.761. The Kier molecular flexibility index (Phi) is 4.24. The van der Waals surface area contributed by atoms with Crippen molar-refractivity contribution in [3.63, 3.8) is 0 Å². The number of Topliss-reactive ketones (excluding diaryl/α,β-unsaturated/α-hetero) is 1. The first kappa shape index (κ1) is 16.7. The molecule has 0 spiro atoms. The van der Waals surface area contributed by atoms with E-state index in [4.69, 9.17) is 0 Å². The van der Waals surface area contributed by atoms with E-state index in [1.165, 1.54) is 5.56 Å². The number of carboxylic acid groups (broad SMARTS) is 1. The molecular weight excluding hydrogens is 302 g/mol. The molecule has 3 rings (SSSR count). The molecule has 0 aliphatic heterocycles. The van der Waals surface area contributed by atoms with Crippen molar-refractivity contribution < 1.29 is 14.7 Å². The number of aromatic amines is 1. The van der Waals surface area contributed by atoms with Gasteiger partial charge in [0.2, 0.25) is 0 Å². The van der Waals surface area contributed by atoms with Gasteiger partial charge in [0, 0.05) is 28.4 Å². The van der Waals surface area contributed by atoms with Gasteiger partial charge in [0.15, 0.2) is 0 Å². The molecule has 0 amide bonds. The number of carbonyl (C=O) groups is 2. The number of ketones is 1. The summed E-state index contributed by atoms with van der Waals surface area (Å²) in [6.45, 7) is 5.77. The molecule has 1 aromatic heterocycles. The Labute approximate surface area is 142 Å². The van der Waals surface area contributed by atoms with E-state index in [0.29, 0.717) is 6.42 Å². The van der Waals surface area contributed by atoms with Gasteiger partial charge in [-0.1, -0.05) is 25.1 Å². The minimum absolute atomic E-state index is 0.134. The molecule has 0 saturated heterocycles. The van der Waals surface area contributed by atoms with Crippen molar-refractivity contribution in [3.8, 4) is 0 Å². The highest BCUT2D eigenvalue weighted by molar-refractivity contribution is 5.90. The molecule has 2 N–H and O–H groups in total. The average molecular weight is 327 g/mol. The predicted octanol–water partition coefficient (Wildman–Crippen LogP) is 4.46. The van der Waals surface area contributed by atoms with E-state index in [9.17, 15) is 14.7 Å². The number of hydrogen-bond acceptors (Lipinski definition) is 2. The molecule has 1 heterocycles. The Bertz CT molecular complexity index is 805. The van der Waals surface area contributed by atoms with E-state index in [1.54, 1.807) is 6.92 Å². The molecule has 2 unspecified atom stereocenters. The highest BCUT2D eigenvalue weighted by Gasteiger charge is 2.42. The van der Waals surface area contributed by atoms with Gasteiger partial charge in [0.25, 0.3) is 0 Å². The van der Waals surface area contributed by atoms with E-state index in [1.807, 2.05) is 6.07 Å². The molecule has 1 aliphatic carbocycles. The molecule has 4 nitrogen and oxygen atoms in total. The number of H-pyrrole nitrogens is 1. The van der Waals surface area contributed by atoms with E-state index in [-0.39, 0.29) is 23.5 Å². The van der Waals surface area contributed by atoms with Crippen molar-refractivity contribution >= 4 is 22.7 Å². The Morgan fingerprint density at radius 3 is 2.75 bits per heavy atom. The van der Waals surface area contributed by atoms with Crippen LogP contribution in [0.5, 0.6) is 0 Å². The monoisotopic (exact) mass is 327 g/mol. The summed E-state index contributed by atoms with van der Waals surface area (Å²) in [4.78, 5) is 26.8. The number of aryl methyl sites for hydroxylation is 1. The van der Waals surface area contributed by atoms with Crippen LogP contribution >= 0.6 is 0 Å². The number of aliphatic carboxylic acids is 1. The van der Waals surface area contributed by atoms with Crippen molar-refractivity contribution in [1.29, 1.82) is 0 Å². The number of para-hydroxylation sites is 1. The maximum atomic E-state index is 11.8. The quantitative estimate of drug-likeness (QED) is 0.852. The summed E-state index contributed by atoms with van der Waals surface area (Å²) in [6.07, 6.45) is 3.13.